The molecule has 0 saturated carbocycles. The number of para-hydroxylation sites is 1. The monoisotopic (exact) mass is 1190 g/mol. The van der Waals surface area contributed by atoms with Gasteiger partial charge < -0.3 is 9.30 Å². The van der Waals surface area contributed by atoms with E-state index in [1.54, 1.807) is 12.3 Å². The molecule has 1 aliphatic rings. The summed E-state index contributed by atoms with van der Waals surface area (Å²) in [4.78, 5) is 5.04. The van der Waals surface area contributed by atoms with Gasteiger partial charge in [0.05, 0.1) is 5.56 Å². The Morgan fingerprint density at radius 3 is 1.84 bits per heavy atom. The number of ether oxygens (including phenoxy) is 1. The number of hydrogen-bond donors (Lipinski definition) is 0. The Hall–Kier alpha value is -7.42. The van der Waals surface area contributed by atoms with E-state index in [1.165, 1.54) is 22.3 Å². The van der Waals surface area contributed by atoms with Crippen LogP contribution in [0, 0.1) is 19.0 Å². The van der Waals surface area contributed by atoms with Crippen LogP contribution in [0.3, 0.4) is 0 Å². The third-order valence-corrected chi connectivity index (χ3v) is 14.8. The molecule has 5 nitrogen and oxygen atoms in total. The third kappa shape index (κ3) is 10.3. The van der Waals surface area contributed by atoms with E-state index in [9.17, 15) is 0 Å². The van der Waals surface area contributed by atoms with Gasteiger partial charge in [-0.15, -0.1) is 23.6 Å². The average Bonchev–Trinajstić information content (AvgIpc) is 3.97. The largest absolute Gasteiger partial charge is 2.00 e. The molecule has 0 saturated heterocycles. The summed E-state index contributed by atoms with van der Waals surface area (Å²) in [7, 11) is 0. The maximum Gasteiger partial charge on any atom is 2.00 e. The van der Waals surface area contributed by atoms with E-state index in [1.807, 2.05) is 59.2 Å². The Morgan fingerprint density at radius 2 is 1.16 bits per heavy atom. The van der Waals surface area contributed by atoms with E-state index in [0.717, 1.165) is 66.9 Å². The van der Waals surface area contributed by atoms with E-state index in [4.69, 9.17) is 13.8 Å². The van der Waals surface area contributed by atoms with Gasteiger partial charge in [-0.25, -0.2) is 4.98 Å². The second kappa shape index (κ2) is 19.9. The van der Waals surface area contributed by atoms with E-state index in [2.05, 4.69) is 220 Å². The molecule has 3 heterocycles. The number of nitrogens with zero attached hydrogens (tertiary/aromatic N) is 4. The van der Waals surface area contributed by atoms with Crippen molar-refractivity contribution in [2.45, 2.75) is 112 Å². The maximum atomic E-state index is 8.80. The van der Waals surface area contributed by atoms with Gasteiger partial charge in [-0.05, 0) is 107 Å². The first-order valence-corrected chi connectivity index (χ1v) is 26.4. The molecule has 0 radical (unpaired) electrons. The molecular weight excluding hydrogens is 1120 g/mol. The van der Waals surface area contributed by atoms with Gasteiger partial charge in [0.2, 0.25) is 5.69 Å². The van der Waals surface area contributed by atoms with Crippen molar-refractivity contribution in [3.8, 4) is 50.7 Å². The molecule has 0 atom stereocenters. The molecule has 386 valence electrons. The fourth-order valence-corrected chi connectivity index (χ4v) is 10.2. The number of pyridine rings is 1. The smallest absolute Gasteiger partial charge is 0.509 e. The number of fused-ring (bicyclic) bond motifs is 4. The van der Waals surface area contributed by atoms with Gasteiger partial charge in [-0.2, -0.15) is 12.1 Å². The van der Waals surface area contributed by atoms with Gasteiger partial charge in [-0.3, -0.25) is 0 Å². The summed E-state index contributed by atoms with van der Waals surface area (Å²) in [5, 5.41) is 1.89. The van der Waals surface area contributed by atoms with Crippen LogP contribution < -0.4 is 13.9 Å². The first-order valence-electron chi connectivity index (χ1n) is 27.9. The van der Waals surface area contributed by atoms with E-state index >= 15 is 0 Å². The minimum atomic E-state index is -2.43. The molecule has 11 rings (SSSR count). The van der Waals surface area contributed by atoms with Crippen LogP contribution in [-0.2, 0) is 42.7 Å². The number of aromatic nitrogens is 2. The Balaban J connectivity index is 0.00000720. The Bertz CT molecular complexity index is 4070. The Labute approximate surface area is 474 Å². The summed E-state index contributed by atoms with van der Waals surface area (Å²) < 4.78 is 39.5. The molecule has 0 bridgehead atoms. The molecule has 8 aromatic carbocycles. The summed E-state index contributed by atoms with van der Waals surface area (Å²) in [5.41, 5.74) is 15.9. The van der Waals surface area contributed by atoms with Gasteiger partial charge >= 0.3 is 32.8 Å². The van der Waals surface area contributed by atoms with Crippen molar-refractivity contribution in [1.82, 2.24) is 18.7 Å². The van der Waals surface area contributed by atoms with Crippen LogP contribution >= 0.6 is 0 Å². The van der Waals surface area contributed by atoms with Crippen LogP contribution in [0.2, 0.25) is 0 Å². The molecule has 0 unspecified atom stereocenters. The van der Waals surface area contributed by atoms with Gasteiger partial charge in [0.15, 0.2) is 0 Å². The van der Waals surface area contributed by atoms with Crippen molar-refractivity contribution in [1.29, 1.82) is 0 Å². The van der Waals surface area contributed by atoms with Crippen LogP contribution in [0.5, 0.6) is 11.5 Å². The van der Waals surface area contributed by atoms with Gasteiger partial charge in [0.25, 0.3) is 5.69 Å². The Morgan fingerprint density at radius 1 is 0.506 bits per heavy atom. The van der Waals surface area contributed by atoms with Crippen molar-refractivity contribution < 1.29 is 29.9 Å². The quantitative estimate of drug-likeness (QED) is 0.112. The van der Waals surface area contributed by atoms with Crippen LogP contribution in [0.1, 0.15) is 115 Å². The first-order chi connectivity index (χ1) is 37.3. The standard InChI is InChI=1S/C71H68N4O.Pt/c1-46-36-66(72-44-62(46)48-28-31-51(32-29-48)68(2,3)4)75-63-35-30-49(47-20-15-14-16-21-47)38-61(63)60-34-33-58(43-65(60)75)76-57-25-18-24-55(42-57)73-45-74(56-40-53(70(8,9)10)39-54(41-56)71(11,12)13)67-59(26-19-27-64(67)73)50-22-17-23-52(37-50)69(5,6)7;/h14-41,44H,1-13H3;/q;+2/i1D3;. The summed E-state index contributed by atoms with van der Waals surface area (Å²) in [6, 6.07) is 69.9. The fourth-order valence-electron chi connectivity index (χ4n) is 10.2. The van der Waals surface area contributed by atoms with Crippen LogP contribution in [0.15, 0.2) is 176 Å². The van der Waals surface area contributed by atoms with Crippen LogP contribution in [-0.4, -0.2) is 15.6 Å². The molecule has 77 heavy (non-hydrogen) atoms. The number of hydrogen-bond acceptors (Lipinski definition) is 2. The maximum absolute atomic E-state index is 8.80. The molecular formula is C71H68N4OPt+2. The van der Waals surface area contributed by atoms with Crippen molar-refractivity contribution in [3.05, 3.63) is 216 Å². The van der Waals surface area contributed by atoms with Gasteiger partial charge in [0.1, 0.15) is 11.5 Å². The normalized spacial score (nSPS) is 13.6. The summed E-state index contributed by atoms with van der Waals surface area (Å²) in [6.07, 6.45) is 1.70. The molecule has 0 amide bonds. The first kappa shape index (κ1) is 49.2. The van der Waals surface area contributed by atoms with Crippen molar-refractivity contribution in [2.24, 2.45) is 0 Å². The van der Waals surface area contributed by atoms with E-state index in [0.29, 0.717) is 28.4 Å². The minimum Gasteiger partial charge on any atom is -0.509 e. The predicted octanol–water partition coefficient (Wildman–Crippen LogP) is 18.9. The van der Waals surface area contributed by atoms with Crippen molar-refractivity contribution >= 4 is 50.6 Å². The van der Waals surface area contributed by atoms with E-state index < -0.39 is 6.85 Å². The Kier molecular flexibility index (Phi) is 12.7. The predicted molar refractivity (Wildman–Crippen MR) is 319 cm³/mol. The fraction of sp³-hybridized carbons (Fsp3) is 0.239. The van der Waals surface area contributed by atoms with E-state index in [-0.39, 0.29) is 48.3 Å². The second-order valence-electron chi connectivity index (χ2n) is 24.5. The molecule has 10 aromatic rings. The van der Waals surface area contributed by atoms with Crippen molar-refractivity contribution in [3.63, 3.8) is 0 Å². The second-order valence-corrected chi connectivity index (χ2v) is 24.5. The topological polar surface area (TPSA) is 33.1 Å². The molecule has 0 N–H and O–H groups in total. The molecule has 0 spiro atoms. The van der Waals surface area contributed by atoms with Crippen LogP contribution in [0.25, 0.3) is 61.0 Å². The zero-order chi connectivity index (χ0) is 56.0. The zero-order valence-electron chi connectivity index (χ0n) is 49.3. The summed E-state index contributed by atoms with van der Waals surface area (Å²) in [5.74, 6) is 1.42. The summed E-state index contributed by atoms with van der Waals surface area (Å²) in [6.45, 7) is 24.5. The number of aryl methyl sites for hydroxylation is 1. The summed E-state index contributed by atoms with van der Waals surface area (Å²) >= 11 is 0. The molecule has 0 aliphatic carbocycles. The van der Waals surface area contributed by atoms with Gasteiger partial charge in [-0.1, -0.05) is 208 Å². The molecule has 6 heteroatoms. The van der Waals surface area contributed by atoms with Crippen LogP contribution in [0.4, 0.5) is 22.7 Å². The zero-order valence-corrected chi connectivity index (χ0v) is 48.5. The average molecular weight is 1190 g/mol. The number of benzene rings is 8. The van der Waals surface area contributed by atoms with Gasteiger partial charge in [0, 0.05) is 51.1 Å². The minimum absolute atomic E-state index is 0. The third-order valence-electron chi connectivity index (χ3n) is 14.8. The van der Waals surface area contributed by atoms with Crippen molar-refractivity contribution in [2.75, 3.05) is 0 Å². The SMILES string of the molecule is [2H]C([2H])([2H])c1cc(-n2c3[c-]c(Oc4[c-]c([N+]5=C=[N+](c6cc(C(C)(C)C)cc(C(C)(C)C)c6)c6c(-c7cccc(C(C)(C)C)c7)cccc65)ccc4)ccc3c3cc(-c4ccccc4)ccc32)ncc1-c1ccc(C(C)(C)C)cc1.[Pt+2]. The molecule has 2 aromatic heterocycles. The molecule has 1 aliphatic heterocycles. The number of rotatable bonds is 8. The molecule has 0 fully saturated rings.